The fourth-order valence-electron chi connectivity index (χ4n) is 4.80. The van der Waals surface area contributed by atoms with Crippen molar-refractivity contribution in [2.75, 3.05) is 10.2 Å². The van der Waals surface area contributed by atoms with Gasteiger partial charge in [-0.25, -0.2) is 15.0 Å². The summed E-state index contributed by atoms with van der Waals surface area (Å²) in [6, 6.07) is 45.2. The van der Waals surface area contributed by atoms with Crippen LogP contribution in [0.1, 0.15) is 0 Å². The van der Waals surface area contributed by atoms with E-state index in [-0.39, 0.29) is 0 Å². The molecule has 0 spiro atoms. The van der Waals surface area contributed by atoms with Crippen LogP contribution in [0.4, 0.5) is 28.4 Å². The van der Waals surface area contributed by atoms with Crippen LogP contribution in [0.15, 0.2) is 133 Å². The first kappa shape index (κ1) is 21.9. The molecule has 1 aliphatic heterocycles. The maximum atomic E-state index is 4.87. The zero-order chi connectivity index (χ0) is 25.3. The molecule has 0 saturated heterocycles. The second-order valence-electron chi connectivity index (χ2n) is 9.08. The van der Waals surface area contributed by atoms with Crippen molar-refractivity contribution in [2.45, 2.75) is 0 Å². The van der Waals surface area contributed by atoms with Crippen LogP contribution in [0.2, 0.25) is 0 Å². The van der Waals surface area contributed by atoms with Crippen LogP contribution in [-0.4, -0.2) is 15.0 Å². The molecule has 0 saturated carbocycles. The van der Waals surface area contributed by atoms with Crippen LogP contribution in [0, 0.1) is 0 Å². The highest BCUT2D eigenvalue weighted by Gasteiger charge is 2.23. The molecule has 0 aliphatic carbocycles. The summed E-state index contributed by atoms with van der Waals surface area (Å²) in [7, 11) is 0. The van der Waals surface area contributed by atoms with E-state index in [0.29, 0.717) is 17.5 Å². The van der Waals surface area contributed by atoms with Crippen molar-refractivity contribution in [1.82, 2.24) is 15.0 Å². The highest BCUT2D eigenvalue weighted by Crippen LogP contribution is 2.47. The Bertz CT molecular complexity index is 1630. The van der Waals surface area contributed by atoms with Gasteiger partial charge in [-0.1, -0.05) is 84.9 Å². The average molecular weight is 490 g/mol. The molecule has 180 valence electrons. The van der Waals surface area contributed by atoms with Crippen LogP contribution >= 0.6 is 0 Å². The largest absolute Gasteiger partial charge is 0.352 e. The fourth-order valence-corrected chi connectivity index (χ4v) is 4.80. The van der Waals surface area contributed by atoms with Crippen LogP contribution in [-0.2, 0) is 0 Å². The van der Waals surface area contributed by atoms with Crippen LogP contribution in [0.25, 0.3) is 34.2 Å². The van der Waals surface area contributed by atoms with Crippen molar-refractivity contribution in [3.63, 3.8) is 0 Å². The van der Waals surface area contributed by atoms with Crippen molar-refractivity contribution in [2.24, 2.45) is 0 Å². The molecule has 0 amide bonds. The van der Waals surface area contributed by atoms with Crippen molar-refractivity contribution in [3.05, 3.63) is 133 Å². The van der Waals surface area contributed by atoms with E-state index in [9.17, 15) is 0 Å². The third-order valence-electron chi connectivity index (χ3n) is 6.64. The molecule has 0 atom stereocenters. The number of aromatic nitrogens is 3. The summed E-state index contributed by atoms with van der Waals surface area (Å²) in [5.41, 5.74) is 8.28. The highest BCUT2D eigenvalue weighted by atomic mass is 15.2. The lowest BCUT2D eigenvalue weighted by molar-refractivity contribution is 1.07. The number of fused-ring (bicyclic) bond motifs is 2. The summed E-state index contributed by atoms with van der Waals surface area (Å²) in [5.74, 6) is 1.96. The Morgan fingerprint density at radius 2 is 0.789 bits per heavy atom. The topological polar surface area (TPSA) is 53.9 Å². The van der Waals surface area contributed by atoms with Crippen molar-refractivity contribution in [1.29, 1.82) is 0 Å². The van der Waals surface area contributed by atoms with Gasteiger partial charge in [0.05, 0.1) is 22.7 Å². The van der Waals surface area contributed by atoms with Crippen molar-refractivity contribution >= 4 is 28.4 Å². The van der Waals surface area contributed by atoms with Crippen molar-refractivity contribution in [3.8, 4) is 34.2 Å². The van der Waals surface area contributed by atoms with Crippen LogP contribution in [0.5, 0.6) is 0 Å². The molecule has 0 fully saturated rings. The summed E-state index contributed by atoms with van der Waals surface area (Å²) in [5, 5.41) is 3.55. The third-order valence-corrected chi connectivity index (χ3v) is 6.64. The zero-order valence-electron chi connectivity index (χ0n) is 20.5. The Kier molecular flexibility index (Phi) is 5.37. The summed E-state index contributed by atoms with van der Waals surface area (Å²) < 4.78 is 0. The lowest BCUT2D eigenvalue weighted by Gasteiger charge is -2.34. The van der Waals surface area contributed by atoms with Gasteiger partial charge in [0.1, 0.15) is 0 Å². The number of rotatable bonds is 4. The van der Waals surface area contributed by atoms with Gasteiger partial charge in [-0.2, -0.15) is 0 Å². The average Bonchev–Trinajstić information content (AvgIpc) is 3.00. The molecule has 1 N–H and O–H groups in total. The molecule has 5 aromatic carbocycles. The van der Waals surface area contributed by atoms with Gasteiger partial charge >= 0.3 is 0 Å². The van der Waals surface area contributed by atoms with E-state index >= 15 is 0 Å². The lowest BCUT2D eigenvalue weighted by Crippen LogP contribution is -2.17. The number of anilines is 5. The minimum Gasteiger partial charge on any atom is -0.352 e. The molecule has 1 aliphatic rings. The first-order valence-corrected chi connectivity index (χ1v) is 12.6. The quantitative estimate of drug-likeness (QED) is 0.269. The van der Waals surface area contributed by atoms with Gasteiger partial charge in [0.2, 0.25) is 0 Å². The van der Waals surface area contributed by atoms with Crippen LogP contribution in [0.3, 0.4) is 0 Å². The highest BCUT2D eigenvalue weighted by molar-refractivity contribution is 5.96. The first-order valence-electron chi connectivity index (χ1n) is 12.6. The molecule has 0 bridgehead atoms. The van der Waals surface area contributed by atoms with Gasteiger partial charge in [-0.15, -0.1) is 0 Å². The normalized spacial score (nSPS) is 11.8. The van der Waals surface area contributed by atoms with Crippen molar-refractivity contribution < 1.29 is 0 Å². The minimum absolute atomic E-state index is 0.644. The maximum Gasteiger partial charge on any atom is 0.164 e. The molecule has 2 heterocycles. The van der Waals surface area contributed by atoms with Gasteiger partial charge in [0, 0.05) is 22.4 Å². The van der Waals surface area contributed by atoms with E-state index in [4.69, 9.17) is 15.0 Å². The Morgan fingerprint density at radius 1 is 0.395 bits per heavy atom. The van der Waals surface area contributed by atoms with E-state index in [1.807, 2.05) is 60.7 Å². The Labute approximate surface area is 221 Å². The number of hydrogen-bond donors (Lipinski definition) is 1. The second-order valence-corrected chi connectivity index (χ2v) is 9.08. The summed E-state index contributed by atoms with van der Waals surface area (Å²) >= 11 is 0. The molecular formula is C33H23N5. The molecule has 1 aromatic heterocycles. The summed E-state index contributed by atoms with van der Waals surface area (Å²) in [4.78, 5) is 16.8. The van der Waals surface area contributed by atoms with Gasteiger partial charge in [0.15, 0.2) is 17.5 Å². The molecule has 38 heavy (non-hydrogen) atoms. The number of nitrogens with zero attached hydrogens (tertiary/aromatic N) is 4. The molecule has 0 unspecified atom stereocenters. The van der Waals surface area contributed by atoms with E-state index in [2.05, 4.69) is 83.0 Å². The molecule has 0 radical (unpaired) electrons. The van der Waals surface area contributed by atoms with E-state index in [1.54, 1.807) is 0 Å². The zero-order valence-corrected chi connectivity index (χ0v) is 20.5. The molecular weight excluding hydrogens is 466 g/mol. The SMILES string of the molecule is c1ccc(-c2nc(-c3ccccc3)nc(-c3ccc(N4c5ccccc5Nc5ccccc54)cc3)n2)cc1. The van der Waals surface area contributed by atoms with Crippen LogP contribution < -0.4 is 10.2 Å². The summed E-state index contributed by atoms with van der Waals surface area (Å²) in [6.07, 6.45) is 0. The Balaban J connectivity index is 1.32. The predicted molar refractivity (Wildman–Crippen MR) is 154 cm³/mol. The van der Waals surface area contributed by atoms with Gasteiger partial charge in [-0.3, -0.25) is 0 Å². The first-order chi connectivity index (χ1) is 18.8. The lowest BCUT2D eigenvalue weighted by atomic mass is 10.1. The number of nitrogens with one attached hydrogen (secondary N) is 1. The van der Waals surface area contributed by atoms with E-state index in [0.717, 1.165) is 45.1 Å². The van der Waals surface area contributed by atoms with Gasteiger partial charge in [0.25, 0.3) is 0 Å². The fraction of sp³-hybridized carbons (Fsp3) is 0. The Hall–Kier alpha value is -5.29. The number of para-hydroxylation sites is 4. The standard InChI is InChI=1S/C33H23N5/c1-3-11-23(12-4-1)31-35-32(24-13-5-2-6-14-24)37-33(36-31)25-19-21-26(22-20-25)38-29-17-9-7-15-27(29)34-28-16-8-10-18-30(28)38/h1-22,34H. The van der Waals surface area contributed by atoms with Gasteiger partial charge < -0.3 is 10.2 Å². The smallest absolute Gasteiger partial charge is 0.164 e. The number of hydrogen-bond acceptors (Lipinski definition) is 5. The molecule has 6 aromatic rings. The van der Waals surface area contributed by atoms with E-state index in [1.165, 1.54) is 0 Å². The second kappa shape index (κ2) is 9.30. The third kappa shape index (κ3) is 3.96. The minimum atomic E-state index is 0.644. The maximum absolute atomic E-state index is 4.87. The molecule has 7 rings (SSSR count). The summed E-state index contributed by atoms with van der Waals surface area (Å²) in [6.45, 7) is 0. The van der Waals surface area contributed by atoms with E-state index < -0.39 is 0 Å². The number of benzene rings is 5. The molecule has 5 heteroatoms. The molecule has 5 nitrogen and oxygen atoms in total. The monoisotopic (exact) mass is 489 g/mol. The van der Waals surface area contributed by atoms with Gasteiger partial charge in [-0.05, 0) is 48.5 Å². The predicted octanol–water partition coefficient (Wildman–Crippen LogP) is 8.40. The Morgan fingerprint density at radius 3 is 1.26 bits per heavy atom.